The number of ether oxygens (including phenoxy) is 1. The highest BCUT2D eigenvalue weighted by atomic mass is 16.5. The lowest BCUT2D eigenvalue weighted by Crippen LogP contribution is -2.16. The van der Waals surface area contributed by atoms with Gasteiger partial charge in [0.25, 0.3) is 0 Å². The zero-order valence-corrected chi connectivity index (χ0v) is 8.02. The van der Waals surface area contributed by atoms with Crippen LogP contribution in [0.15, 0.2) is 11.3 Å². The Morgan fingerprint density at radius 1 is 1.42 bits per heavy atom. The lowest BCUT2D eigenvalue weighted by molar-refractivity contribution is -0.139. The van der Waals surface area contributed by atoms with Gasteiger partial charge in [-0.3, -0.25) is 0 Å². The Labute approximate surface area is 73.6 Å². The molecule has 0 aliphatic carbocycles. The fourth-order valence-electron chi connectivity index (χ4n) is 0.591. The number of esters is 1. The van der Waals surface area contributed by atoms with Crippen LogP contribution in [-0.4, -0.2) is 12.6 Å². The molecule has 0 aliphatic heterocycles. The summed E-state index contributed by atoms with van der Waals surface area (Å²) in [6.45, 7) is 6.08. The van der Waals surface area contributed by atoms with E-state index in [1.165, 1.54) is 0 Å². The summed E-state index contributed by atoms with van der Waals surface area (Å²) in [4.78, 5) is 11.1. The van der Waals surface area contributed by atoms with Crippen LogP contribution in [0.1, 0.15) is 33.6 Å². The Hall–Kier alpha value is -0.990. The first-order valence-electron chi connectivity index (χ1n) is 4.19. The van der Waals surface area contributed by atoms with Gasteiger partial charge in [0.05, 0.1) is 6.61 Å². The van der Waals surface area contributed by atoms with Crippen molar-refractivity contribution in [1.29, 1.82) is 0 Å². The van der Waals surface area contributed by atoms with Crippen LogP contribution in [0.2, 0.25) is 0 Å². The topological polar surface area (TPSA) is 52.3 Å². The summed E-state index contributed by atoms with van der Waals surface area (Å²) >= 11 is 0. The maximum atomic E-state index is 11.1. The number of nitrogens with two attached hydrogens (primary N) is 1. The lowest BCUT2D eigenvalue weighted by Gasteiger charge is -2.04. The molecule has 12 heavy (non-hydrogen) atoms. The number of unbranched alkanes of at least 4 members (excludes halogenated alkanes) is 1. The van der Waals surface area contributed by atoms with E-state index in [4.69, 9.17) is 10.5 Å². The first-order chi connectivity index (χ1) is 5.59. The predicted octanol–water partition coefficient (Wildman–Crippen LogP) is 1.58. The number of carbonyl (C=O) groups is 1. The van der Waals surface area contributed by atoms with Gasteiger partial charge in [-0.1, -0.05) is 13.3 Å². The van der Waals surface area contributed by atoms with Crippen molar-refractivity contribution in [1.82, 2.24) is 0 Å². The number of rotatable bonds is 4. The summed E-state index contributed by atoms with van der Waals surface area (Å²) in [6, 6.07) is 0. The number of hydrogen-bond acceptors (Lipinski definition) is 3. The second-order valence-corrected chi connectivity index (χ2v) is 2.90. The molecule has 0 heterocycles. The van der Waals surface area contributed by atoms with E-state index in [0.717, 1.165) is 18.4 Å². The molecule has 0 fully saturated rings. The van der Waals surface area contributed by atoms with Gasteiger partial charge in [-0.25, -0.2) is 4.79 Å². The molecule has 0 saturated heterocycles. The fraction of sp³-hybridized carbons (Fsp3) is 0.667. The van der Waals surface area contributed by atoms with Crippen molar-refractivity contribution in [3.63, 3.8) is 0 Å². The molecule has 3 nitrogen and oxygen atoms in total. The summed E-state index contributed by atoms with van der Waals surface area (Å²) < 4.78 is 4.88. The van der Waals surface area contributed by atoms with E-state index in [9.17, 15) is 4.79 Å². The van der Waals surface area contributed by atoms with Gasteiger partial charge >= 0.3 is 5.97 Å². The molecule has 2 N–H and O–H groups in total. The van der Waals surface area contributed by atoms with Crippen LogP contribution in [0, 0.1) is 0 Å². The molecule has 0 aliphatic rings. The van der Waals surface area contributed by atoms with E-state index in [-0.39, 0.29) is 5.70 Å². The first-order valence-corrected chi connectivity index (χ1v) is 4.19. The summed E-state index contributed by atoms with van der Waals surface area (Å²) in [5.41, 5.74) is 6.48. The Balaban J connectivity index is 3.81. The fourth-order valence-corrected chi connectivity index (χ4v) is 0.591. The third kappa shape index (κ3) is 4.01. The van der Waals surface area contributed by atoms with Gasteiger partial charge in [-0.2, -0.15) is 0 Å². The smallest absolute Gasteiger partial charge is 0.354 e. The predicted molar refractivity (Wildman–Crippen MR) is 48.4 cm³/mol. The van der Waals surface area contributed by atoms with Crippen molar-refractivity contribution in [2.45, 2.75) is 33.6 Å². The molecule has 0 unspecified atom stereocenters. The quantitative estimate of drug-likeness (QED) is 0.397. The Morgan fingerprint density at radius 3 is 2.42 bits per heavy atom. The van der Waals surface area contributed by atoms with Gasteiger partial charge in [0.2, 0.25) is 0 Å². The number of hydrogen-bond donors (Lipinski definition) is 1. The average Bonchev–Trinajstić information content (AvgIpc) is 2.03. The van der Waals surface area contributed by atoms with Gasteiger partial charge in [-0.05, 0) is 25.8 Å². The van der Waals surface area contributed by atoms with Crippen LogP contribution in [-0.2, 0) is 9.53 Å². The Kier molecular flexibility index (Phi) is 5.17. The Morgan fingerprint density at radius 2 is 2.00 bits per heavy atom. The Bertz CT molecular complexity index is 181. The molecule has 70 valence electrons. The molecule has 0 aromatic heterocycles. The summed E-state index contributed by atoms with van der Waals surface area (Å²) in [7, 11) is 0. The van der Waals surface area contributed by atoms with Gasteiger partial charge in [0, 0.05) is 0 Å². The van der Waals surface area contributed by atoms with E-state index < -0.39 is 5.97 Å². The van der Waals surface area contributed by atoms with E-state index in [2.05, 4.69) is 0 Å². The minimum atomic E-state index is -0.400. The number of allylic oxidation sites excluding steroid dienone is 1. The second kappa shape index (κ2) is 5.63. The van der Waals surface area contributed by atoms with E-state index in [1.54, 1.807) is 13.8 Å². The molecule has 0 rings (SSSR count). The maximum Gasteiger partial charge on any atom is 0.354 e. The summed E-state index contributed by atoms with van der Waals surface area (Å²) in [6.07, 6.45) is 1.91. The highest BCUT2D eigenvalue weighted by Crippen LogP contribution is 1.99. The standard InChI is InChI=1S/C9H17NO2/c1-4-5-6-12-9(11)8(10)7(2)3/h4-6,10H2,1-3H3. The summed E-state index contributed by atoms with van der Waals surface area (Å²) in [5, 5.41) is 0. The largest absolute Gasteiger partial charge is 0.461 e. The highest BCUT2D eigenvalue weighted by Gasteiger charge is 2.06. The maximum absolute atomic E-state index is 11.1. The van der Waals surface area contributed by atoms with Crippen molar-refractivity contribution in [2.24, 2.45) is 5.73 Å². The lowest BCUT2D eigenvalue weighted by atomic mass is 10.3. The molecular weight excluding hydrogens is 154 g/mol. The zero-order chi connectivity index (χ0) is 9.56. The molecule has 3 heteroatoms. The van der Waals surface area contributed by atoms with Crippen LogP contribution in [0.25, 0.3) is 0 Å². The molecule has 0 atom stereocenters. The van der Waals surface area contributed by atoms with Gasteiger partial charge in [0.15, 0.2) is 0 Å². The average molecular weight is 171 g/mol. The van der Waals surface area contributed by atoms with E-state index in [1.807, 2.05) is 6.92 Å². The molecule has 0 radical (unpaired) electrons. The highest BCUT2D eigenvalue weighted by molar-refractivity contribution is 5.88. The first kappa shape index (κ1) is 11.0. The van der Waals surface area contributed by atoms with Crippen molar-refractivity contribution >= 4 is 5.97 Å². The van der Waals surface area contributed by atoms with Gasteiger partial charge in [0.1, 0.15) is 5.70 Å². The second-order valence-electron chi connectivity index (χ2n) is 2.90. The van der Waals surface area contributed by atoms with Crippen molar-refractivity contribution in [2.75, 3.05) is 6.61 Å². The van der Waals surface area contributed by atoms with Crippen molar-refractivity contribution in [3.05, 3.63) is 11.3 Å². The zero-order valence-electron chi connectivity index (χ0n) is 8.02. The van der Waals surface area contributed by atoms with Gasteiger partial charge < -0.3 is 10.5 Å². The minimum Gasteiger partial charge on any atom is -0.461 e. The SMILES string of the molecule is CCCCOC(=O)C(N)=C(C)C. The third-order valence-corrected chi connectivity index (χ3v) is 1.49. The molecule has 0 bridgehead atoms. The third-order valence-electron chi connectivity index (χ3n) is 1.49. The monoisotopic (exact) mass is 171 g/mol. The van der Waals surface area contributed by atoms with Crippen molar-refractivity contribution < 1.29 is 9.53 Å². The van der Waals surface area contributed by atoms with E-state index in [0.29, 0.717) is 6.61 Å². The van der Waals surface area contributed by atoms with Crippen LogP contribution in [0.5, 0.6) is 0 Å². The molecule has 0 amide bonds. The normalized spacial score (nSPS) is 9.25. The molecule has 0 saturated carbocycles. The van der Waals surface area contributed by atoms with Crippen molar-refractivity contribution in [3.8, 4) is 0 Å². The molecular formula is C9H17NO2. The molecule has 0 spiro atoms. The van der Waals surface area contributed by atoms with Crippen LogP contribution in [0.3, 0.4) is 0 Å². The number of carbonyl (C=O) groups excluding carboxylic acids is 1. The van der Waals surface area contributed by atoms with Gasteiger partial charge in [-0.15, -0.1) is 0 Å². The van der Waals surface area contributed by atoms with E-state index >= 15 is 0 Å². The van der Waals surface area contributed by atoms with Crippen LogP contribution < -0.4 is 5.73 Å². The summed E-state index contributed by atoms with van der Waals surface area (Å²) in [5.74, 6) is -0.400. The van der Waals surface area contributed by atoms with Crippen LogP contribution >= 0.6 is 0 Å². The molecule has 0 aromatic rings. The molecule has 0 aromatic carbocycles. The minimum absolute atomic E-state index is 0.228. The van der Waals surface area contributed by atoms with Crippen LogP contribution in [0.4, 0.5) is 0 Å².